The molecule has 0 radical (unpaired) electrons. The monoisotopic (exact) mass is 318 g/mol. The predicted octanol–water partition coefficient (Wildman–Crippen LogP) is 1.35. The summed E-state index contributed by atoms with van der Waals surface area (Å²) in [5.74, 6) is 0.275. The van der Waals surface area contributed by atoms with Crippen LogP contribution in [-0.4, -0.2) is 38.6 Å². The van der Waals surface area contributed by atoms with Crippen LogP contribution in [0, 0.1) is 0 Å². The van der Waals surface area contributed by atoms with E-state index < -0.39 is 0 Å². The van der Waals surface area contributed by atoms with Crippen LogP contribution in [0.15, 0.2) is 35.5 Å². The van der Waals surface area contributed by atoms with Gasteiger partial charge in [-0.05, 0) is 12.5 Å². The number of aromatic nitrogens is 3. The van der Waals surface area contributed by atoms with Crippen LogP contribution < -0.4 is 11.5 Å². The van der Waals surface area contributed by atoms with Gasteiger partial charge in [0.25, 0.3) is 0 Å². The molecule has 1 amide bonds. The molecule has 2 rings (SSSR count). The number of rotatable bonds is 5. The van der Waals surface area contributed by atoms with Crippen LogP contribution in [0.25, 0.3) is 0 Å². The Bertz CT molecular complexity index is 631. The average molecular weight is 318 g/mol. The van der Waals surface area contributed by atoms with Gasteiger partial charge in [-0.2, -0.15) is 15.0 Å². The number of nitrogen functional groups attached to an aromatic ring is 2. The Morgan fingerprint density at radius 2 is 1.77 bits per heavy atom. The number of hydrogen-bond donors (Lipinski definition) is 2. The van der Waals surface area contributed by atoms with Crippen molar-refractivity contribution in [2.75, 3.05) is 24.3 Å². The molecule has 0 saturated heterocycles. The lowest BCUT2D eigenvalue weighted by atomic mass is 10.1. The number of nitrogens with two attached hydrogens (primary N) is 2. The van der Waals surface area contributed by atoms with Crippen molar-refractivity contribution in [1.29, 1.82) is 0 Å². The zero-order chi connectivity index (χ0) is 16.1. The fourth-order valence-corrected chi connectivity index (χ4v) is 2.62. The summed E-state index contributed by atoms with van der Waals surface area (Å²) >= 11 is 1.18. The average Bonchev–Trinajstić information content (AvgIpc) is 2.51. The molecule has 0 spiro atoms. The Hall–Kier alpha value is -2.35. The number of carbonyl (C=O) groups excluding carboxylic acids is 1. The van der Waals surface area contributed by atoms with Crippen molar-refractivity contribution in [3.63, 3.8) is 0 Å². The van der Waals surface area contributed by atoms with Gasteiger partial charge in [0.05, 0.1) is 11.8 Å². The van der Waals surface area contributed by atoms with Gasteiger partial charge >= 0.3 is 0 Å². The maximum Gasteiger partial charge on any atom is 0.233 e. The third-order valence-electron chi connectivity index (χ3n) is 3.23. The van der Waals surface area contributed by atoms with Gasteiger partial charge in [-0.1, -0.05) is 42.1 Å². The first kappa shape index (κ1) is 16.0. The predicted molar refractivity (Wildman–Crippen MR) is 87.0 cm³/mol. The van der Waals surface area contributed by atoms with Crippen LogP contribution in [0.4, 0.5) is 11.9 Å². The van der Waals surface area contributed by atoms with Gasteiger partial charge in [-0.3, -0.25) is 4.79 Å². The third kappa shape index (κ3) is 4.08. The van der Waals surface area contributed by atoms with Gasteiger partial charge in [-0.15, -0.1) is 0 Å². The van der Waals surface area contributed by atoms with Crippen molar-refractivity contribution in [1.82, 2.24) is 19.9 Å². The summed E-state index contributed by atoms with van der Waals surface area (Å²) in [5, 5.41) is 0.346. The lowest BCUT2D eigenvalue weighted by Gasteiger charge is -2.25. The highest BCUT2D eigenvalue weighted by atomic mass is 32.2. The molecule has 0 fully saturated rings. The molecule has 0 saturated carbocycles. The number of anilines is 2. The summed E-state index contributed by atoms with van der Waals surface area (Å²) in [6.07, 6.45) is 0. The van der Waals surface area contributed by atoms with Crippen molar-refractivity contribution < 1.29 is 4.79 Å². The van der Waals surface area contributed by atoms with Crippen LogP contribution >= 0.6 is 11.8 Å². The maximum absolute atomic E-state index is 12.3. The minimum Gasteiger partial charge on any atom is -0.368 e. The van der Waals surface area contributed by atoms with Gasteiger partial charge in [-0.25, -0.2) is 0 Å². The topological polar surface area (TPSA) is 111 Å². The maximum atomic E-state index is 12.3. The molecule has 0 aliphatic carbocycles. The first-order valence-corrected chi connectivity index (χ1v) is 7.66. The van der Waals surface area contributed by atoms with Crippen LogP contribution in [0.3, 0.4) is 0 Å². The molecule has 2 aromatic rings. The van der Waals surface area contributed by atoms with E-state index in [1.807, 2.05) is 37.3 Å². The molecule has 4 N–H and O–H groups in total. The summed E-state index contributed by atoms with van der Waals surface area (Å²) in [5.41, 5.74) is 12.1. The summed E-state index contributed by atoms with van der Waals surface area (Å²) < 4.78 is 0. The molecular weight excluding hydrogens is 300 g/mol. The van der Waals surface area contributed by atoms with E-state index in [0.717, 1.165) is 5.56 Å². The van der Waals surface area contributed by atoms with E-state index in [9.17, 15) is 4.79 Å². The molecule has 8 heteroatoms. The minimum absolute atomic E-state index is 0.0113. The fraction of sp³-hybridized carbons (Fsp3) is 0.286. The molecule has 0 aliphatic rings. The second-order valence-electron chi connectivity index (χ2n) is 4.71. The van der Waals surface area contributed by atoms with Crippen LogP contribution in [0.5, 0.6) is 0 Å². The highest BCUT2D eigenvalue weighted by molar-refractivity contribution is 7.99. The van der Waals surface area contributed by atoms with E-state index in [0.29, 0.717) is 5.16 Å². The summed E-state index contributed by atoms with van der Waals surface area (Å²) in [4.78, 5) is 25.5. The van der Waals surface area contributed by atoms with Crippen molar-refractivity contribution >= 4 is 29.6 Å². The van der Waals surface area contributed by atoms with Crippen molar-refractivity contribution in [3.8, 4) is 0 Å². The lowest BCUT2D eigenvalue weighted by molar-refractivity contribution is -0.128. The molecule has 1 atom stereocenters. The van der Waals surface area contributed by atoms with E-state index in [2.05, 4.69) is 15.0 Å². The molecule has 7 nitrogen and oxygen atoms in total. The summed E-state index contributed by atoms with van der Waals surface area (Å²) in [7, 11) is 1.77. The van der Waals surface area contributed by atoms with Crippen molar-refractivity contribution in [2.45, 2.75) is 18.1 Å². The number of thioether (sulfide) groups is 1. The highest BCUT2D eigenvalue weighted by Crippen LogP contribution is 2.21. The summed E-state index contributed by atoms with van der Waals surface area (Å²) in [6, 6.07) is 9.83. The van der Waals surface area contributed by atoms with Gasteiger partial charge < -0.3 is 16.4 Å². The number of amides is 1. The second kappa shape index (κ2) is 7.08. The fourth-order valence-electron chi connectivity index (χ4n) is 1.85. The Morgan fingerprint density at radius 1 is 1.18 bits per heavy atom. The minimum atomic E-state index is -0.0288. The van der Waals surface area contributed by atoms with Crippen molar-refractivity contribution in [2.24, 2.45) is 0 Å². The SMILES string of the molecule is C[C@@H](c1ccccc1)N(C)C(=O)CSc1nc(N)nc(N)n1. The number of benzene rings is 1. The van der Waals surface area contributed by atoms with E-state index in [-0.39, 0.29) is 29.6 Å². The molecule has 0 aliphatic heterocycles. The first-order chi connectivity index (χ1) is 10.5. The zero-order valence-electron chi connectivity index (χ0n) is 12.4. The number of hydrogen-bond acceptors (Lipinski definition) is 7. The molecule has 22 heavy (non-hydrogen) atoms. The highest BCUT2D eigenvalue weighted by Gasteiger charge is 2.18. The lowest BCUT2D eigenvalue weighted by Crippen LogP contribution is -2.31. The van der Waals surface area contributed by atoms with Crippen LogP contribution in [0.2, 0.25) is 0 Å². The molecular formula is C14H18N6OS. The Balaban J connectivity index is 1.96. The molecule has 1 aromatic heterocycles. The molecule has 116 valence electrons. The number of nitrogens with zero attached hydrogens (tertiary/aromatic N) is 4. The Morgan fingerprint density at radius 3 is 2.36 bits per heavy atom. The molecule has 1 heterocycles. The second-order valence-corrected chi connectivity index (χ2v) is 5.66. The van der Waals surface area contributed by atoms with E-state index in [1.54, 1.807) is 11.9 Å². The van der Waals surface area contributed by atoms with Crippen molar-refractivity contribution in [3.05, 3.63) is 35.9 Å². The Kier molecular flexibility index (Phi) is 5.16. The smallest absolute Gasteiger partial charge is 0.233 e. The summed E-state index contributed by atoms with van der Waals surface area (Å²) in [6.45, 7) is 1.98. The first-order valence-electron chi connectivity index (χ1n) is 6.68. The quantitative estimate of drug-likeness (QED) is 0.800. The van der Waals surface area contributed by atoms with E-state index >= 15 is 0 Å². The van der Waals surface area contributed by atoms with Gasteiger partial charge in [0.1, 0.15) is 0 Å². The van der Waals surface area contributed by atoms with Gasteiger partial charge in [0.2, 0.25) is 17.8 Å². The standard InChI is InChI=1S/C14H18N6OS/c1-9(10-6-4-3-5-7-10)20(2)11(21)8-22-14-18-12(15)17-13(16)19-14/h3-7,9H,8H2,1-2H3,(H4,15,16,17,18,19)/t9-/m0/s1. The number of carbonyl (C=O) groups is 1. The largest absolute Gasteiger partial charge is 0.368 e. The van der Waals surface area contributed by atoms with Gasteiger partial charge in [0, 0.05) is 7.05 Å². The molecule has 0 bridgehead atoms. The van der Waals surface area contributed by atoms with E-state index in [1.165, 1.54) is 11.8 Å². The Labute approximate surface area is 133 Å². The van der Waals surface area contributed by atoms with Gasteiger partial charge in [0.15, 0.2) is 5.16 Å². The van der Waals surface area contributed by atoms with Crippen LogP contribution in [0.1, 0.15) is 18.5 Å². The molecule has 1 aromatic carbocycles. The van der Waals surface area contributed by atoms with E-state index in [4.69, 9.17) is 11.5 Å². The zero-order valence-corrected chi connectivity index (χ0v) is 13.2. The van der Waals surface area contributed by atoms with Crippen LogP contribution in [-0.2, 0) is 4.79 Å². The molecule has 0 unspecified atom stereocenters. The normalized spacial score (nSPS) is 11.9. The third-order valence-corrected chi connectivity index (χ3v) is 4.06.